The van der Waals surface area contributed by atoms with E-state index in [9.17, 15) is 9.18 Å². The fourth-order valence-corrected chi connectivity index (χ4v) is 3.58. The number of ether oxygens (including phenoxy) is 2. The molecule has 0 aromatic heterocycles. The first-order valence-electron chi connectivity index (χ1n) is 10.1. The van der Waals surface area contributed by atoms with E-state index in [-0.39, 0.29) is 23.4 Å². The molecule has 1 amide bonds. The quantitative estimate of drug-likeness (QED) is 0.404. The molecule has 1 heterocycles. The number of benzene rings is 3. The average molecular weight is 449 g/mol. The molecule has 7 heteroatoms. The maximum absolute atomic E-state index is 13.9. The summed E-state index contributed by atoms with van der Waals surface area (Å²) in [5, 5.41) is 3.26. The molecule has 1 aliphatic rings. The van der Waals surface area contributed by atoms with Crippen LogP contribution in [0.25, 0.3) is 6.08 Å². The Morgan fingerprint density at radius 3 is 2.47 bits per heavy atom. The van der Waals surface area contributed by atoms with Crippen LogP contribution < -0.4 is 19.7 Å². The molecule has 3 aromatic carbocycles. The lowest BCUT2D eigenvalue weighted by Crippen LogP contribution is -2.30. The zero-order chi connectivity index (χ0) is 22.5. The summed E-state index contributed by atoms with van der Waals surface area (Å²) in [6, 6.07) is 20.9. The van der Waals surface area contributed by atoms with Gasteiger partial charge in [-0.15, -0.1) is 0 Å². The molecule has 0 saturated carbocycles. The van der Waals surface area contributed by atoms with Gasteiger partial charge in [-0.25, -0.2) is 4.39 Å². The molecule has 5 nitrogen and oxygen atoms in total. The van der Waals surface area contributed by atoms with Crippen LogP contribution in [0.1, 0.15) is 18.1 Å². The van der Waals surface area contributed by atoms with Crippen LogP contribution in [0.15, 0.2) is 78.5 Å². The molecule has 4 rings (SSSR count). The van der Waals surface area contributed by atoms with E-state index in [1.54, 1.807) is 54.6 Å². The Kier molecular flexibility index (Phi) is 6.47. The van der Waals surface area contributed by atoms with Gasteiger partial charge < -0.3 is 14.8 Å². The molecular weight excluding hydrogens is 427 g/mol. The van der Waals surface area contributed by atoms with Crippen LogP contribution in [-0.2, 0) is 11.4 Å². The molecule has 1 N–H and O–H groups in total. The van der Waals surface area contributed by atoms with E-state index in [0.29, 0.717) is 34.9 Å². The maximum Gasteiger partial charge on any atom is 0.281 e. The largest absolute Gasteiger partial charge is 0.494 e. The van der Waals surface area contributed by atoms with Gasteiger partial charge in [0.2, 0.25) is 0 Å². The number of carbonyl (C=O) groups is 1. The molecular formula is C25H21FN2O3S. The highest BCUT2D eigenvalue weighted by molar-refractivity contribution is 7.80. The Morgan fingerprint density at radius 2 is 1.72 bits per heavy atom. The van der Waals surface area contributed by atoms with Crippen molar-refractivity contribution in [3.8, 4) is 11.5 Å². The zero-order valence-electron chi connectivity index (χ0n) is 17.4. The normalized spacial score (nSPS) is 14.6. The third-order valence-corrected chi connectivity index (χ3v) is 5.13. The molecule has 1 saturated heterocycles. The first-order valence-corrected chi connectivity index (χ1v) is 10.5. The molecule has 0 bridgehead atoms. The van der Waals surface area contributed by atoms with Crippen molar-refractivity contribution in [2.24, 2.45) is 0 Å². The lowest BCUT2D eigenvalue weighted by atomic mass is 10.1. The Hall–Kier alpha value is -3.71. The lowest BCUT2D eigenvalue weighted by Gasteiger charge is -2.14. The third-order valence-electron chi connectivity index (χ3n) is 4.84. The molecule has 162 valence electrons. The monoisotopic (exact) mass is 448 g/mol. The second-order valence-electron chi connectivity index (χ2n) is 6.97. The van der Waals surface area contributed by atoms with Crippen LogP contribution in [0.2, 0.25) is 0 Å². The molecule has 0 spiro atoms. The van der Waals surface area contributed by atoms with Gasteiger partial charge >= 0.3 is 0 Å². The van der Waals surface area contributed by atoms with Gasteiger partial charge in [0.05, 0.1) is 12.3 Å². The molecule has 32 heavy (non-hydrogen) atoms. The van der Waals surface area contributed by atoms with E-state index >= 15 is 0 Å². The predicted octanol–water partition coefficient (Wildman–Crippen LogP) is 5.07. The minimum atomic E-state index is -0.327. The van der Waals surface area contributed by atoms with Crippen LogP contribution in [-0.4, -0.2) is 17.6 Å². The highest BCUT2D eigenvalue weighted by Gasteiger charge is 2.32. The second kappa shape index (κ2) is 9.62. The van der Waals surface area contributed by atoms with E-state index in [2.05, 4.69) is 5.32 Å². The average Bonchev–Trinajstić information content (AvgIpc) is 3.08. The number of amides is 1. The van der Waals surface area contributed by atoms with Crippen molar-refractivity contribution in [2.75, 3.05) is 11.5 Å². The Bertz CT molecular complexity index is 1180. The summed E-state index contributed by atoms with van der Waals surface area (Å²) >= 11 is 5.39. The van der Waals surface area contributed by atoms with Gasteiger partial charge in [0.15, 0.2) is 5.11 Å². The van der Waals surface area contributed by atoms with E-state index in [0.717, 1.165) is 5.75 Å². The topological polar surface area (TPSA) is 50.8 Å². The number of hydrogen-bond acceptors (Lipinski definition) is 4. The van der Waals surface area contributed by atoms with Gasteiger partial charge in [0.25, 0.3) is 5.91 Å². The van der Waals surface area contributed by atoms with E-state index in [4.69, 9.17) is 21.7 Å². The first kappa shape index (κ1) is 21.5. The molecule has 1 fully saturated rings. The van der Waals surface area contributed by atoms with E-state index in [1.165, 1.54) is 11.0 Å². The summed E-state index contributed by atoms with van der Waals surface area (Å²) in [7, 11) is 0. The number of carbonyl (C=O) groups excluding carboxylic acids is 1. The molecule has 0 radical (unpaired) electrons. The number of para-hydroxylation sites is 1. The van der Waals surface area contributed by atoms with Gasteiger partial charge in [-0.05, 0) is 61.6 Å². The zero-order valence-corrected chi connectivity index (χ0v) is 18.2. The summed E-state index contributed by atoms with van der Waals surface area (Å²) in [5.74, 6) is 0.650. The van der Waals surface area contributed by atoms with E-state index < -0.39 is 0 Å². The predicted molar refractivity (Wildman–Crippen MR) is 126 cm³/mol. The minimum Gasteiger partial charge on any atom is -0.494 e. The summed E-state index contributed by atoms with van der Waals surface area (Å²) in [6.07, 6.45) is 1.68. The Balaban J connectivity index is 1.55. The number of rotatable bonds is 7. The van der Waals surface area contributed by atoms with Crippen molar-refractivity contribution in [1.29, 1.82) is 0 Å². The van der Waals surface area contributed by atoms with Gasteiger partial charge in [-0.3, -0.25) is 9.69 Å². The van der Waals surface area contributed by atoms with Crippen LogP contribution in [0.4, 0.5) is 10.1 Å². The highest BCUT2D eigenvalue weighted by atomic mass is 32.1. The fraction of sp³-hybridized carbons (Fsp3) is 0.120. The van der Waals surface area contributed by atoms with Crippen LogP contribution >= 0.6 is 12.2 Å². The van der Waals surface area contributed by atoms with Gasteiger partial charge in [-0.2, -0.15) is 0 Å². The Morgan fingerprint density at radius 1 is 1.00 bits per heavy atom. The minimum absolute atomic E-state index is 0.0744. The van der Waals surface area contributed by atoms with E-state index in [1.807, 2.05) is 25.1 Å². The number of thiocarbonyl (C=S) groups is 1. The van der Waals surface area contributed by atoms with Crippen LogP contribution in [0.5, 0.6) is 11.5 Å². The molecule has 3 aromatic rings. The highest BCUT2D eigenvalue weighted by Crippen LogP contribution is 2.27. The van der Waals surface area contributed by atoms with Crippen molar-refractivity contribution in [1.82, 2.24) is 5.32 Å². The number of halogens is 1. The van der Waals surface area contributed by atoms with Crippen molar-refractivity contribution in [3.63, 3.8) is 0 Å². The van der Waals surface area contributed by atoms with Crippen molar-refractivity contribution >= 4 is 35.0 Å². The molecule has 0 aliphatic carbocycles. The third kappa shape index (κ3) is 4.63. The van der Waals surface area contributed by atoms with Crippen LogP contribution in [0, 0.1) is 5.82 Å². The number of hydrogen-bond donors (Lipinski definition) is 1. The standard InChI is InChI=1S/C25H21FN2O3S/c1-2-30-20-13-11-19(12-14-20)28-24(29)22(27-25(28)32)15-17-7-4-6-10-23(17)31-16-18-8-3-5-9-21(18)26/h3-15H,2,16H2,1H3,(H,27,32)/b22-15+. The summed E-state index contributed by atoms with van der Waals surface area (Å²) in [5.41, 5.74) is 2.10. The molecule has 0 atom stereocenters. The smallest absolute Gasteiger partial charge is 0.281 e. The maximum atomic E-state index is 13.9. The van der Waals surface area contributed by atoms with Crippen molar-refractivity contribution in [2.45, 2.75) is 13.5 Å². The molecule has 1 aliphatic heterocycles. The SMILES string of the molecule is CCOc1ccc(N2C(=O)/C(=C\c3ccccc3OCc3ccccc3F)NC2=S)cc1. The van der Waals surface area contributed by atoms with Crippen LogP contribution in [0.3, 0.4) is 0 Å². The lowest BCUT2D eigenvalue weighted by molar-refractivity contribution is -0.113. The summed E-state index contributed by atoms with van der Waals surface area (Å²) < 4.78 is 25.2. The fourth-order valence-electron chi connectivity index (χ4n) is 3.29. The van der Waals surface area contributed by atoms with Crippen molar-refractivity contribution in [3.05, 3.63) is 95.4 Å². The Labute approximate surface area is 191 Å². The molecule has 0 unspecified atom stereocenters. The summed E-state index contributed by atoms with van der Waals surface area (Å²) in [6.45, 7) is 2.55. The van der Waals surface area contributed by atoms with Gasteiger partial charge in [0.1, 0.15) is 29.6 Å². The van der Waals surface area contributed by atoms with Gasteiger partial charge in [-0.1, -0.05) is 36.4 Å². The number of anilines is 1. The number of nitrogens with one attached hydrogen (secondary N) is 1. The number of nitrogens with zero attached hydrogens (tertiary/aromatic N) is 1. The first-order chi connectivity index (χ1) is 15.6. The summed E-state index contributed by atoms with van der Waals surface area (Å²) in [4.78, 5) is 14.5. The van der Waals surface area contributed by atoms with Gasteiger partial charge in [0, 0.05) is 11.1 Å². The second-order valence-corrected chi connectivity index (χ2v) is 7.36. The van der Waals surface area contributed by atoms with Crippen molar-refractivity contribution < 1.29 is 18.7 Å².